The molecule has 96 valence electrons. The first kappa shape index (κ1) is 12.8. The average molecular weight is 270 g/mol. The molecule has 0 saturated heterocycles. The molecular formula is C12H11FO4S. The number of fused-ring (bicyclic) bond motifs is 1. The summed E-state index contributed by atoms with van der Waals surface area (Å²) in [6.45, 7) is 1.45. The van der Waals surface area contributed by atoms with Crippen molar-refractivity contribution in [3.8, 4) is 0 Å². The van der Waals surface area contributed by atoms with Gasteiger partial charge in [-0.15, -0.1) is 0 Å². The van der Waals surface area contributed by atoms with Crippen molar-refractivity contribution in [2.24, 2.45) is 5.92 Å². The molecule has 2 rings (SSSR count). The number of carbonyl (C=O) groups is 1. The van der Waals surface area contributed by atoms with Crippen molar-refractivity contribution in [1.29, 1.82) is 0 Å². The van der Waals surface area contributed by atoms with E-state index in [1.54, 1.807) is 0 Å². The topological polar surface area (TPSA) is 71.4 Å². The van der Waals surface area contributed by atoms with Crippen LogP contribution in [0.1, 0.15) is 18.9 Å². The lowest BCUT2D eigenvalue weighted by molar-refractivity contribution is -0.140. The Labute approximate surface area is 104 Å². The van der Waals surface area contributed by atoms with Crippen LogP contribution in [-0.2, 0) is 14.6 Å². The first-order valence-corrected chi connectivity index (χ1v) is 6.85. The SMILES string of the molecule is CC(CC1=CS(=O)(=O)c2cccc(F)c21)C(=O)O. The highest BCUT2D eigenvalue weighted by Gasteiger charge is 2.30. The van der Waals surface area contributed by atoms with Crippen molar-refractivity contribution in [2.45, 2.75) is 18.2 Å². The molecule has 0 fully saturated rings. The van der Waals surface area contributed by atoms with E-state index in [-0.39, 0.29) is 22.5 Å². The van der Waals surface area contributed by atoms with Crippen molar-refractivity contribution >= 4 is 21.4 Å². The summed E-state index contributed by atoms with van der Waals surface area (Å²) in [5, 5.41) is 9.78. The quantitative estimate of drug-likeness (QED) is 0.912. The minimum absolute atomic E-state index is 0.00519. The molecule has 0 aromatic heterocycles. The van der Waals surface area contributed by atoms with E-state index in [1.807, 2.05) is 0 Å². The minimum Gasteiger partial charge on any atom is -0.481 e. The Bertz CT molecular complexity index is 646. The van der Waals surface area contributed by atoms with E-state index >= 15 is 0 Å². The largest absolute Gasteiger partial charge is 0.481 e. The molecule has 0 saturated carbocycles. The summed E-state index contributed by atoms with van der Waals surface area (Å²) in [4.78, 5) is 10.7. The van der Waals surface area contributed by atoms with Crippen LogP contribution >= 0.6 is 0 Å². The maximum absolute atomic E-state index is 13.7. The van der Waals surface area contributed by atoms with Gasteiger partial charge in [0.25, 0.3) is 0 Å². The fourth-order valence-electron chi connectivity index (χ4n) is 1.93. The van der Waals surface area contributed by atoms with Crippen LogP contribution in [-0.4, -0.2) is 19.5 Å². The van der Waals surface area contributed by atoms with Gasteiger partial charge in [0.2, 0.25) is 9.84 Å². The number of sulfone groups is 1. The first-order valence-electron chi connectivity index (χ1n) is 5.30. The van der Waals surface area contributed by atoms with Crippen LogP contribution in [0.3, 0.4) is 0 Å². The summed E-state index contributed by atoms with van der Waals surface area (Å²) in [6, 6.07) is 3.81. The molecule has 1 aromatic carbocycles. The van der Waals surface area contributed by atoms with Crippen LogP contribution in [0.2, 0.25) is 0 Å². The number of halogens is 1. The van der Waals surface area contributed by atoms with Gasteiger partial charge in [-0.1, -0.05) is 13.0 Å². The number of hydrogen-bond acceptors (Lipinski definition) is 3. The summed E-state index contributed by atoms with van der Waals surface area (Å²) in [6.07, 6.45) is -0.0114. The Morgan fingerprint density at radius 2 is 2.11 bits per heavy atom. The molecule has 0 amide bonds. The summed E-state index contributed by atoms with van der Waals surface area (Å²) in [5.41, 5.74) is 0.226. The van der Waals surface area contributed by atoms with Gasteiger partial charge in [0.1, 0.15) is 5.82 Å². The Kier molecular flexibility index (Phi) is 2.98. The molecule has 1 heterocycles. The zero-order valence-corrected chi connectivity index (χ0v) is 10.4. The van der Waals surface area contributed by atoms with Crippen LogP contribution in [0.25, 0.3) is 5.57 Å². The molecule has 0 spiro atoms. The molecule has 1 atom stereocenters. The molecule has 6 heteroatoms. The van der Waals surface area contributed by atoms with Crippen molar-refractivity contribution in [2.75, 3.05) is 0 Å². The summed E-state index contributed by atoms with van der Waals surface area (Å²) < 4.78 is 37.2. The van der Waals surface area contributed by atoms with Crippen LogP contribution in [0.5, 0.6) is 0 Å². The number of aliphatic carboxylic acids is 1. The van der Waals surface area contributed by atoms with Gasteiger partial charge in [-0.3, -0.25) is 4.79 Å². The molecule has 1 unspecified atom stereocenters. The second-order valence-electron chi connectivity index (χ2n) is 4.24. The van der Waals surface area contributed by atoms with E-state index in [1.165, 1.54) is 25.1 Å². The second-order valence-corrected chi connectivity index (χ2v) is 6.01. The lowest BCUT2D eigenvalue weighted by Crippen LogP contribution is -2.09. The van der Waals surface area contributed by atoms with Crippen LogP contribution in [0, 0.1) is 11.7 Å². The number of rotatable bonds is 3. The Hall–Kier alpha value is -1.69. The molecular weight excluding hydrogens is 259 g/mol. The zero-order chi connectivity index (χ0) is 13.5. The fourth-order valence-corrected chi connectivity index (χ4v) is 3.43. The number of allylic oxidation sites excluding steroid dienone is 1. The van der Waals surface area contributed by atoms with Crippen LogP contribution in [0.4, 0.5) is 4.39 Å². The monoisotopic (exact) mass is 270 g/mol. The molecule has 0 aliphatic carbocycles. The smallest absolute Gasteiger partial charge is 0.306 e. The molecule has 0 bridgehead atoms. The normalized spacial score (nSPS) is 18.0. The Morgan fingerprint density at radius 3 is 2.72 bits per heavy atom. The second kappa shape index (κ2) is 4.20. The van der Waals surface area contributed by atoms with Gasteiger partial charge in [0.05, 0.1) is 10.8 Å². The van der Waals surface area contributed by atoms with Gasteiger partial charge in [-0.2, -0.15) is 0 Å². The van der Waals surface area contributed by atoms with Crippen molar-refractivity contribution in [3.05, 3.63) is 35.0 Å². The van der Waals surface area contributed by atoms with Gasteiger partial charge in [0.15, 0.2) is 0 Å². The standard InChI is InChI=1S/C12H11FO4S/c1-7(12(14)15)5-8-6-18(16,17)10-4-2-3-9(13)11(8)10/h2-4,6-7H,5H2,1H3,(H,14,15). The van der Waals surface area contributed by atoms with E-state index in [4.69, 9.17) is 5.11 Å². The van der Waals surface area contributed by atoms with Crippen LogP contribution < -0.4 is 0 Å². The number of benzene rings is 1. The Balaban J connectivity index is 2.51. The molecule has 1 N–H and O–H groups in total. The molecule has 1 aliphatic rings. The molecule has 1 aromatic rings. The lowest BCUT2D eigenvalue weighted by Gasteiger charge is -2.08. The van der Waals surface area contributed by atoms with Crippen LogP contribution in [0.15, 0.2) is 28.5 Å². The van der Waals surface area contributed by atoms with Gasteiger partial charge in [0, 0.05) is 11.0 Å². The van der Waals surface area contributed by atoms with Gasteiger partial charge >= 0.3 is 5.97 Å². The Morgan fingerprint density at radius 1 is 1.44 bits per heavy atom. The van der Waals surface area contributed by atoms with E-state index < -0.39 is 27.5 Å². The molecule has 0 radical (unpaired) electrons. The van der Waals surface area contributed by atoms with E-state index in [0.717, 1.165) is 5.41 Å². The fraction of sp³-hybridized carbons (Fsp3) is 0.250. The van der Waals surface area contributed by atoms with Crippen molar-refractivity contribution in [3.63, 3.8) is 0 Å². The molecule has 18 heavy (non-hydrogen) atoms. The van der Waals surface area contributed by atoms with Gasteiger partial charge in [-0.05, 0) is 24.1 Å². The minimum atomic E-state index is -3.64. The highest BCUT2D eigenvalue weighted by Crippen LogP contribution is 2.38. The molecule has 1 aliphatic heterocycles. The number of hydrogen-bond donors (Lipinski definition) is 1. The van der Waals surface area contributed by atoms with Gasteiger partial charge < -0.3 is 5.11 Å². The lowest BCUT2D eigenvalue weighted by atomic mass is 9.96. The van der Waals surface area contributed by atoms with E-state index in [2.05, 4.69) is 0 Å². The predicted molar refractivity (Wildman–Crippen MR) is 63.0 cm³/mol. The van der Waals surface area contributed by atoms with Crippen molar-refractivity contribution < 1.29 is 22.7 Å². The van der Waals surface area contributed by atoms with Crippen molar-refractivity contribution in [1.82, 2.24) is 0 Å². The van der Waals surface area contributed by atoms with Gasteiger partial charge in [-0.25, -0.2) is 12.8 Å². The third-order valence-corrected chi connectivity index (χ3v) is 4.40. The summed E-state index contributed by atoms with van der Waals surface area (Å²) >= 11 is 0. The third-order valence-electron chi connectivity index (χ3n) is 2.85. The highest BCUT2D eigenvalue weighted by molar-refractivity contribution is 7.95. The predicted octanol–water partition coefficient (Wildman–Crippen LogP) is 2.06. The van der Waals surface area contributed by atoms with E-state index in [9.17, 15) is 17.6 Å². The maximum Gasteiger partial charge on any atom is 0.306 e. The highest BCUT2D eigenvalue weighted by atomic mass is 32.2. The maximum atomic E-state index is 13.7. The number of carboxylic acids is 1. The average Bonchev–Trinajstić information content (AvgIpc) is 2.51. The summed E-state index contributed by atoms with van der Waals surface area (Å²) in [7, 11) is -3.64. The zero-order valence-electron chi connectivity index (χ0n) is 9.55. The summed E-state index contributed by atoms with van der Waals surface area (Å²) in [5.74, 6) is -2.45. The number of carboxylic acid groups (broad SMARTS) is 1. The van der Waals surface area contributed by atoms with E-state index in [0.29, 0.717) is 0 Å². The third kappa shape index (κ3) is 2.03. The molecule has 4 nitrogen and oxygen atoms in total. The first-order chi connectivity index (χ1) is 8.33.